The first-order valence-electron chi connectivity index (χ1n) is 8.52. The molecule has 0 bridgehead atoms. The molecular formula is C20H24FNO2. The summed E-state index contributed by atoms with van der Waals surface area (Å²) in [5.74, 6) is -0.278. The predicted molar refractivity (Wildman–Crippen MR) is 91.8 cm³/mol. The molecule has 1 fully saturated rings. The highest BCUT2D eigenvalue weighted by Crippen LogP contribution is 2.28. The first-order chi connectivity index (χ1) is 11.7. The lowest BCUT2D eigenvalue weighted by Crippen LogP contribution is -2.30. The van der Waals surface area contributed by atoms with Crippen LogP contribution in [-0.4, -0.2) is 27.7 Å². The molecule has 0 aliphatic carbocycles. The Morgan fingerprint density at radius 2 is 1.71 bits per heavy atom. The summed E-state index contributed by atoms with van der Waals surface area (Å²) in [4.78, 5) is 2.40. The van der Waals surface area contributed by atoms with E-state index in [-0.39, 0.29) is 12.4 Å². The van der Waals surface area contributed by atoms with Crippen molar-refractivity contribution in [2.45, 2.75) is 44.6 Å². The average molecular weight is 329 g/mol. The highest BCUT2D eigenvalue weighted by molar-refractivity contribution is 5.22. The van der Waals surface area contributed by atoms with Crippen molar-refractivity contribution in [1.29, 1.82) is 0 Å². The molecule has 1 aliphatic heterocycles. The first-order valence-corrected chi connectivity index (χ1v) is 8.52. The number of aliphatic hydroxyl groups excluding tert-OH is 2. The lowest BCUT2D eigenvalue weighted by atomic mass is 10.00. The molecule has 2 aromatic carbocycles. The molecule has 2 N–H and O–H groups in total. The lowest BCUT2D eigenvalue weighted by Gasteiger charge is -2.26. The number of benzene rings is 2. The highest BCUT2D eigenvalue weighted by atomic mass is 19.1. The summed E-state index contributed by atoms with van der Waals surface area (Å²) in [6.45, 7) is 1.95. The SMILES string of the molecule is OCc1ccc(CN2CCC[C@@H]2C[C@@H](O)c2ccc(F)cc2)cc1. The van der Waals surface area contributed by atoms with E-state index in [0.29, 0.717) is 12.5 Å². The van der Waals surface area contributed by atoms with Gasteiger partial charge in [-0.05, 0) is 54.6 Å². The van der Waals surface area contributed by atoms with Crippen molar-refractivity contribution >= 4 is 0 Å². The summed E-state index contributed by atoms with van der Waals surface area (Å²) in [6.07, 6.45) is 2.32. The second-order valence-electron chi connectivity index (χ2n) is 6.54. The van der Waals surface area contributed by atoms with Crippen molar-refractivity contribution in [1.82, 2.24) is 4.90 Å². The summed E-state index contributed by atoms with van der Waals surface area (Å²) in [6, 6.07) is 14.5. The van der Waals surface area contributed by atoms with Gasteiger partial charge in [-0.15, -0.1) is 0 Å². The highest BCUT2D eigenvalue weighted by Gasteiger charge is 2.27. The zero-order valence-electron chi connectivity index (χ0n) is 13.7. The zero-order chi connectivity index (χ0) is 16.9. The third-order valence-corrected chi connectivity index (χ3v) is 4.84. The maximum atomic E-state index is 13.0. The second kappa shape index (κ2) is 7.88. The van der Waals surface area contributed by atoms with Gasteiger partial charge < -0.3 is 10.2 Å². The van der Waals surface area contributed by atoms with Crippen molar-refractivity contribution in [2.24, 2.45) is 0 Å². The molecule has 0 spiro atoms. The van der Waals surface area contributed by atoms with Crippen LogP contribution in [0.1, 0.15) is 42.1 Å². The number of hydrogen-bond donors (Lipinski definition) is 2. The third kappa shape index (κ3) is 4.20. The number of hydrogen-bond acceptors (Lipinski definition) is 3. The predicted octanol–water partition coefficient (Wildman–Crippen LogP) is 3.41. The van der Waals surface area contributed by atoms with E-state index >= 15 is 0 Å². The molecule has 0 amide bonds. The van der Waals surface area contributed by atoms with Gasteiger partial charge in [-0.3, -0.25) is 4.90 Å². The van der Waals surface area contributed by atoms with E-state index in [1.807, 2.05) is 12.1 Å². The van der Waals surface area contributed by atoms with Crippen LogP contribution >= 0.6 is 0 Å². The van der Waals surface area contributed by atoms with E-state index in [0.717, 1.165) is 37.1 Å². The van der Waals surface area contributed by atoms with Gasteiger partial charge in [0.15, 0.2) is 0 Å². The maximum absolute atomic E-state index is 13.0. The molecule has 24 heavy (non-hydrogen) atoms. The van der Waals surface area contributed by atoms with Crippen LogP contribution in [0.5, 0.6) is 0 Å². The molecule has 3 nitrogen and oxygen atoms in total. The molecular weight excluding hydrogens is 305 g/mol. The van der Waals surface area contributed by atoms with Crippen LogP contribution in [0.3, 0.4) is 0 Å². The largest absolute Gasteiger partial charge is 0.392 e. The Balaban J connectivity index is 1.61. The standard InChI is InChI=1S/C20H24FNO2/c21-18-9-7-17(8-10-18)20(24)12-19-2-1-11-22(19)13-15-3-5-16(14-23)6-4-15/h3-10,19-20,23-24H,1-2,11-14H2/t19-,20-/m1/s1. The number of aliphatic hydroxyl groups is 2. The molecule has 128 valence electrons. The van der Waals surface area contributed by atoms with Crippen LogP contribution < -0.4 is 0 Å². The van der Waals surface area contributed by atoms with Crippen molar-refractivity contribution < 1.29 is 14.6 Å². The van der Waals surface area contributed by atoms with E-state index in [1.165, 1.54) is 17.7 Å². The molecule has 1 saturated heterocycles. The Labute approximate surface area is 142 Å². The minimum absolute atomic E-state index is 0.0660. The van der Waals surface area contributed by atoms with Crippen molar-refractivity contribution in [3.8, 4) is 0 Å². The quantitative estimate of drug-likeness (QED) is 0.853. The Hall–Kier alpha value is -1.75. The van der Waals surface area contributed by atoms with Gasteiger partial charge in [-0.2, -0.15) is 0 Å². The molecule has 1 aliphatic rings. The monoisotopic (exact) mass is 329 g/mol. The van der Waals surface area contributed by atoms with E-state index in [2.05, 4.69) is 17.0 Å². The summed E-state index contributed by atoms with van der Waals surface area (Å²) in [5.41, 5.74) is 2.91. The normalized spacial score (nSPS) is 19.5. The van der Waals surface area contributed by atoms with E-state index in [4.69, 9.17) is 5.11 Å². The lowest BCUT2D eigenvalue weighted by molar-refractivity contribution is 0.118. The van der Waals surface area contributed by atoms with Crippen LogP contribution in [-0.2, 0) is 13.2 Å². The van der Waals surface area contributed by atoms with Crippen LogP contribution in [0.15, 0.2) is 48.5 Å². The molecule has 0 radical (unpaired) electrons. The fraction of sp³-hybridized carbons (Fsp3) is 0.400. The summed E-state index contributed by atoms with van der Waals surface area (Å²) >= 11 is 0. The first kappa shape index (κ1) is 17.1. The topological polar surface area (TPSA) is 43.7 Å². The van der Waals surface area contributed by atoms with Crippen molar-refractivity contribution in [3.63, 3.8) is 0 Å². The zero-order valence-corrected chi connectivity index (χ0v) is 13.7. The van der Waals surface area contributed by atoms with E-state index in [1.54, 1.807) is 12.1 Å². The van der Waals surface area contributed by atoms with Crippen LogP contribution in [0.25, 0.3) is 0 Å². The second-order valence-corrected chi connectivity index (χ2v) is 6.54. The van der Waals surface area contributed by atoms with Crippen LogP contribution in [0.2, 0.25) is 0 Å². The van der Waals surface area contributed by atoms with Gasteiger partial charge in [0.05, 0.1) is 12.7 Å². The van der Waals surface area contributed by atoms with Gasteiger partial charge in [0, 0.05) is 12.6 Å². The van der Waals surface area contributed by atoms with Crippen LogP contribution in [0.4, 0.5) is 4.39 Å². The van der Waals surface area contributed by atoms with E-state index in [9.17, 15) is 9.50 Å². The number of rotatable bonds is 6. The Morgan fingerprint density at radius 3 is 2.38 bits per heavy atom. The molecule has 0 saturated carbocycles. The molecule has 4 heteroatoms. The molecule has 0 aromatic heterocycles. The van der Waals surface area contributed by atoms with Gasteiger partial charge in [0.25, 0.3) is 0 Å². The Morgan fingerprint density at radius 1 is 1.04 bits per heavy atom. The summed E-state index contributed by atoms with van der Waals surface area (Å²) < 4.78 is 13.0. The van der Waals surface area contributed by atoms with E-state index < -0.39 is 6.10 Å². The molecule has 2 atom stereocenters. The smallest absolute Gasteiger partial charge is 0.123 e. The fourth-order valence-corrected chi connectivity index (χ4v) is 3.43. The van der Waals surface area contributed by atoms with Crippen LogP contribution in [0, 0.1) is 5.82 Å². The number of halogens is 1. The molecule has 2 aromatic rings. The Kier molecular flexibility index (Phi) is 5.61. The minimum atomic E-state index is -0.562. The molecule has 1 heterocycles. The Bertz CT molecular complexity index is 642. The average Bonchev–Trinajstić information content (AvgIpc) is 3.03. The molecule has 0 unspecified atom stereocenters. The van der Waals surface area contributed by atoms with Gasteiger partial charge in [0.1, 0.15) is 5.82 Å². The van der Waals surface area contributed by atoms with Gasteiger partial charge in [0.2, 0.25) is 0 Å². The van der Waals surface area contributed by atoms with Crippen molar-refractivity contribution in [3.05, 3.63) is 71.0 Å². The fourth-order valence-electron chi connectivity index (χ4n) is 3.43. The maximum Gasteiger partial charge on any atom is 0.123 e. The third-order valence-electron chi connectivity index (χ3n) is 4.84. The number of nitrogens with zero attached hydrogens (tertiary/aromatic N) is 1. The molecule has 3 rings (SSSR count). The van der Waals surface area contributed by atoms with Gasteiger partial charge in [-0.25, -0.2) is 4.39 Å². The summed E-state index contributed by atoms with van der Waals surface area (Å²) in [7, 11) is 0. The number of likely N-dealkylation sites (tertiary alicyclic amines) is 1. The minimum Gasteiger partial charge on any atom is -0.392 e. The van der Waals surface area contributed by atoms with Crippen molar-refractivity contribution in [2.75, 3.05) is 6.54 Å². The summed E-state index contributed by atoms with van der Waals surface area (Å²) in [5, 5.41) is 19.6. The van der Waals surface area contributed by atoms with Gasteiger partial charge in [-0.1, -0.05) is 36.4 Å². The van der Waals surface area contributed by atoms with Gasteiger partial charge >= 0.3 is 0 Å².